The molecule has 4 N–H and O–H groups in total. The van der Waals surface area contributed by atoms with Gasteiger partial charge in [0.05, 0.1) is 16.6 Å². The summed E-state index contributed by atoms with van der Waals surface area (Å²) in [6.07, 6.45) is 0. The molecular weight excluding hydrogens is 303 g/mol. The third-order valence-corrected chi connectivity index (χ3v) is 3.25. The fourth-order valence-electron chi connectivity index (χ4n) is 1.46. The lowest BCUT2D eigenvalue weighted by Crippen LogP contribution is -2.45. The molecule has 0 heterocycles. The summed E-state index contributed by atoms with van der Waals surface area (Å²) in [6, 6.07) is 4.25. The number of nitrogens with one attached hydrogen (secondary N) is 1. The van der Waals surface area contributed by atoms with Crippen LogP contribution in [0.1, 0.15) is 13.8 Å². The summed E-state index contributed by atoms with van der Waals surface area (Å²) in [6.45, 7) is 3.65. The molecule has 1 aromatic carbocycles. The van der Waals surface area contributed by atoms with E-state index < -0.39 is 0 Å². The summed E-state index contributed by atoms with van der Waals surface area (Å²) in [5.74, 6) is -0.0528. The summed E-state index contributed by atoms with van der Waals surface area (Å²) in [5, 5.41) is 14.9. The lowest BCUT2D eigenvalue weighted by atomic mass is 10.3. The fourth-order valence-corrected chi connectivity index (χ4v) is 1.76. The number of anilines is 1. The van der Waals surface area contributed by atoms with Crippen LogP contribution in [0.4, 0.5) is 10.5 Å². The molecule has 0 aliphatic heterocycles. The summed E-state index contributed by atoms with van der Waals surface area (Å²) < 4.78 is 0. The van der Waals surface area contributed by atoms with Crippen molar-refractivity contribution < 1.29 is 10.0 Å². The van der Waals surface area contributed by atoms with Crippen LogP contribution in [0.25, 0.3) is 0 Å². The molecule has 0 spiro atoms. The Labute approximate surface area is 127 Å². The molecule has 0 unspecified atom stereocenters. The van der Waals surface area contributed by atoms with Gasteiger partial charge in [-0.25, -0.2) is 4.79 Å². The highest BCUT2D eigenvalue weighted by Crippen LogP contribution is 2.25. The van der Waals surface area contributed by atoms with Gasteiger partial charge in [0, 0.05) is 11.7 Å². The minimum Gasteiger partial charge on any atom is -0.409 e. The highest BCUT2D eigenvalue weighted by molar-refractivity contribution is 6.42. The van der Waals surface area contributed by atoms with Crippen LogP contribution in [-0.2, 0) is 0 Å². The molecule has 0 radical (unpaired) electrons. The van der Waals surface area contributed by atoms with E-state index >= 15 is 0 Å². The average Bonchev–Trinajstić information content (AvgIpc) is 2.39. The predicted octanol–water partition coefficient (Wildman–Crippen LogP) is 2.98. The van der Waals surface area contributed by atoms with E-state index in [-0.39, 0.29) is 24.5 Å². The second-order valence-corrected chi connectivity index (χ2v) is 5.19. The van der Waals surface area contributed by atoms with Gasteiger partial charge in [0.15, 0.2) is 5.84 Å². The molecule has 20 heavy (non-hydrogen) atoms. The van der Waals surface area contributed by atoms with Crippen LogP contribution in [0.3, 0.4) is 0 Å². The van der Waals surface area contributed by atoms with Gasteiger partial charge in [0.25, 0.3) is 0 Å². The van der Waals surface area contributed by atoms with Crippen molar-refractivity contribution in [2.75, 3.05) is 11.9 Å². The summed E-state index contributed by atoms with van der Waals surface area (Å²) in [4.78, 5) is 13.6. The fraction of sp³-hybridized carbons (Fsp3) is 0.333. The number of carbonyl (C=O) groups excluding carboxylic acids is 1. The number of nitrogens with two attached hydrogens (primary N) is 1. The lowest BCUT2D eigenvalue weighted by molar-refractivity contribution is 0.205. The van der Waals surface area contributed by atoms with E-state index in [9.17, 15) is 4.79 Å². The molecule has 0 atom stereocenters. The van der Waals surface area contributed by atoms with Crippen LogP contribution in [0.5, 0.6) is 0 Å². The zero-order chi connectivity index (χ0) is 15.3. The normalized spacial score (nSPS) is 11.6. The molecule has 0 bridgehead atoms. The van der Waals surface area contributed by atoms with Crippen LogP contribution < -0.4 is 11.1 Å². The van der Waals surface area contributed by atoms with Crippen LogP contribution >= 0.6 is 23.2 Å². The van der Waals surface area contributed by atoms with Crippen molar-refractivity contribution in [3.8, 4) is 0 Å². The minimum atomic E-state index is -0.384. The predicted molar refractivity (Wildman–Crippen MR) is 80.7 cm³/mol. The van der Waals surface area contributed by atoms with Crippen molar-refractivity contribution in [3.05, 3.63) is 28.2 Å². The van der Waals surface area contributed by atoms with Gasteiger partial charge in [-0.3, -0.25) is 0 Å². The smallest absolute Gasteiger partial charge is 0.322 e. The van der Waals surface area contributed by atoms with E-state index in [1.807, 2.05) is 13.8 Å². The molecule has 0 aliphatic carbocycles. The number of amides is 2. The van der Waals surface area contributed by atoms with Gasteiger partial charge in [-0.15, -0.1) is 0 Å². The third kappa shape index (κ3) is 4.47. The van der Waals surface area contributed by atoms with E-state index in [2.05, 4.69) is 10.5 Å². The number of carbonyl (C=O) groups is 1. The van der Waals surface area contributed by atoms with Crippen molar-refractivity contribution in [1.29, 1.82) is 0 Å². The lowest BCUT2D eigenvalue weighted by Gasteiger charge is -2.26. The summed E-state index contributed by atoms with van der Waals surface area (Å²) in [7, 11) is 0. The van der Waals surface area contributed by atoms with E-state index in [0.29, 0.717) is 15.7 Å². The SMILES string of the molecule is CC(C)N(CC(N)=NO)C(=O)Nc1ccc(Cl)c(Cl)c1. The van der Waals surface area contributed by atoms with Crippen molar-refractivity contribution >= 4 is 40.8 Å². The number of hydrogen-bond donors (Lipinski definition) is 3. The first-order chi connectivity index (χ1) is 9.35. The number of nitrogens with zero attached hydrogens (tertiary/aromatic N) is 2. The van der Waals surface area contributed by atoms with Gasteiger partial charge in [-0.2, -0.15) is 0 Å². The van der Waals surface area contributed by atoms with Crippen LogP contribution in [-0.4, -0.2) is 34.6 Å². The van der Waals surface area contributed by atoms with Gasteiger partial charge in [-0.1, -0.05) is 28.4 Å². The number of oxime groups is 1. The first kappa shape index (κ1) is 16.4. The number of benzene rings is 1. The first-order valence-electron chi connectivity index (χ1n) is 5.84. The van der Waals surface area contributed by atoms with Gasteiger partial charge in [0.2, 0.25) is 0 Å². The first-order valence-corrected chi connectivity index (χ1v) is 6.59. The second-order valence-electron chi connectivity index (χ2n) is 4.37. The molecule has 6 nitrogen and oxygen atoms in total. The maximum absolute atomic E-state index is 12.1. The minimum absolute atomic E-state index is 0.0152. The standard InChI is InChI=1S/C12H16Cl2N4O2/c1-7(2)18(6-11(15)17-20)12(19)16-8-3-4-9(13)10(14)5-8/h3-5,7,20H,6H2,1-2H3,(H2,15,17)(H,16,19). The Morgan fingerprint density at radius 2 is 2.10 bits per heavy atom. The van der Waals surface area contributed by atoms with E-state index in [1.165, 1.54) is 4.90 Å². The maximum atomic E-state index is 12.1. The number of rotatable bonds is 4. The Balaban J connectivity index is 2.82. The number of halogens is 2. The Bertz CT molecular complexity index is 520. The third-order valence-electron chi connectivity index (χ3n) is 2.52. The molecular formula is C12H16Cl2N4O2. The Kier molecular flexibility index (Phi) is 5.91. The molecule has 1 aromatic rings. The Morgan fingerprint density at radius 3 is 2.60 bits per heavy atom. The summed E-state index contributed by atoms with van der Waals surface area (Å²) >= 11 is 11.7. The zero-order valence-corrected chi connectivity index (χ0v) is 12.6. The van der Waals surface area contributed by atoms with Gasteiger partial charge in [0.1, 0.15) is 0 Å². The molecule has 1 rings (SSSR count). The van der Waals surface area contributed by atoms with Crippen molar-refractivity contribution in [1.82, 2.24) is 4.90 Å². The Hall–Kier alpha value is -1.66. The quantitative estimate of drug-likeness (QED) is 0.345. The van der Waals surface area contributed by atoms with Crippen LogP contribution in [0.2, 0.25) is 10.0 Å². The van der Waals surface area contributed by atoms with Crippen molar-refractivity contribution in [2.45, 2.75) is 19.9 Å². The monoisotopic (exact) mass is 318 g/mol. The molecule has 0 saturated carbocycles. The molecule has 8 heteroatoms. The van der Waals surface area contributed by atoms with Crippen LogP contribution in [0.15, 0.2) is 23.4 Å². The molecule has 0 saturated heterocycles. The number of hydrogen-bond acceptors (Lipinski definition) is 3. The van der Waals surface area contributed by atoms with Crippen molar-refractivity contribution in [2.24, 2.45) is 10.9 Å². The van der Waals surface area contributed by atoms with Crippen LogP contribution in [0, 0.1) is 0 Å². The number of urea groups is 1. The molecule has 0 fully saturated rings. The highest BCUT2D eigenvalue weighted by Gasteiger charge is 2.18. The van der Waals surface area contributed by atoms with E-state index in [4.69, 9.17) is 34.1 Å². The van der Waals surface area contributed by atoms with Crippen molar-refractivity contribution in [3.63, 3.8) is 0 Å². The molecule has 0 aliphatic rings. The highest BCUT2D eigenvalue weighted by atomic mass is 35.5. The van der Waals surface area contributed by atoms with E-state index in [1.54, 1.807) is 18.2 Å². The Morgan fingerprint density at radius 1 is 1.45 bits per heavy atom. The molecule has 110 valence electrons. The largest absolute Gasteiger partial charge is 0.409 e. The second kappa shape index (κ2) is 7.21. The average molecular weight is 319 g/mol. The van der Waals surface area contributed by atoms with Gasteiger partial charge >= 0.3 is 6.03 Å². The summed E-state index contributed by atoms with van der Waals surface area (Å²) in [5.41, 5.74) is 5.94. The molecule has 0 aromatic heterocycles. The van der Waals surface area contributed by atoms with Gasteiger partial charge < -0.3 is 21.2 Å². The topological polar surface area (TPSA) is 90.9 Å². The zero-order valence-electron chi connectivity index (χ0n) is 11.1. The maximum Gasteiger partial charge on any atom is 0.322 e. The van der Waals surface area contributed by atoms with Gasteiger partial charge in [-0.05, 0) is 32.0 Å². The molecule has 2 amide bonds. The van der Waals surface area contributed by atoms with E-state index in [0.717, 1.165) is 0 Å². The number of amidine groups is 1.